The van der Waals surface area contributed by atoms with Crippen molar-refractivity contribution in [2.24, 2.45) is 0 Å². The number of carbonyl (C=O) groups is 1. The zero-order chi connectivity index (χ0) is 15.8. The molecule has 1 N–H and O–H groups in total. The van der Waals surface area contributed by atoms with Crippen molar-refractivity contribution >= 4 is 66.9 Å². The standard InChI is InChI=1S/C15H8ClN3OS3/c16-13-4-3-11(23-13)10-6-21-15(18-10)19-14(20)8-1-2-9-12(5-8)22-7-17-9/h1-7H,(H,18,19,20). The highest BCUT2D eigenvalue weighted by Crippen LogP contribution is 2.33. The zero-order valence-corrected chi connectivity index (χ0v) is 14.7. The summed E-state index contributed by atoms with van der Waals surface area (Å²) in [5.41, 5.74) is 4.08. The van der Waals surface area contributed by atoms with Crippen LogP contribution in [-0.2, 0) is 0 Å². The molecule has 0 radical (unpaired) electrons. The molecule has 1 aromatic carbocycles. The third-order valence-corrected chi connectivity index (χ3v) is 5.95. The minimum absolute atomic E-state index is 0.176. The fourth-order valence-electron chi connectivity index (χ4n) is 2.06. The first-order valence-electron chi connectivity index (χ1n) is 6.55. The van der Waals surface area contributed by atoms with Gasteiger partial charge >= 0.3 is 0 Å². The first kappa shape index (κ1) is 14.8. The minimum atomic E-state index is -0.176. The van der Waals surface area contributed by atoms with E-state index in [-0.39, 0.29) is 5.91 Å². The molecule has 0 saturated carbocycles. The quantitative estimate of drug-likeness (QED) is 0.521. The highest BCUT2D eigenvalue weighted by atomic mass is 35.5. The predicted molar refractivity (Wildman–Crippen MR) is 98.0 cm³/mol. The minimum Gasteiger partial charge on any atom is -0.298 e. The second-order valence-electron chi connectivity index (χ2n) is 4.63. The largest absolute Gasteiger partial charge is 0.298 e. The van der Waals surface area contributed by atoms with Crippen LogP contribution in [0.2, 0.25) is 4.34 Å². The molecular weight excluding hydrogens is 370 g/mol. The second-order valence-corrected chi connectivity index (χ2v) is 8.09. The lowest BCUT2D eigenvalue weighted by molar-refractivity contribution is 0.102. The van der Waals surface area contributed by atoms with Crippen molar-refractivity contribution < 1.29 is 4.79 Å². The molecule has 0 bridgehead atoms. The SMILES string of the molecule is O=C(Nc1nc(-c2ccc(Cl)s2)cs1)c1ccc2ncsc2c1. The van der Waals surface area contributed by atoms with E-state index in [9.17, 15) is 4.79 Å². The number of nitrogens with one attached hydrogen (secondary N) is 1. The summed E-state index contributed by atoms with van der Waals surface area (Å²) in [6.07, 6.45) is 0. The van der Waals surface area contributed by atoms with Crippen LogP contribution in [0.5, 0.6) is 0 Å². The number of anilines is 1. The monoisotopic (exact) mass is 377 g/mol. The molecule has 0 atom stereocenters. The van der Waals surface area contributed by atoms with Gasteiger partial charge in [-0.2, -0.15) is 0 Å². The van der Waals surface area contributed by atoms with Gasteiger partial charge < -0.3 is 0 Å². The molecule has 0 saturated heterocycles. The molecular formula is C15H8ClN3OS3. The smallest absolute Gasteiger partial charge is 0.257 e. The molecule has 4 nitrogen and oxygen atoms in total. The Bertz CT molecular complexity index is 1000. The Labute approximate surface area is 148 Å². The van der Waals surface area contributed by atoms with Crippen molar-refractivity contribution in [1.29, 1.82) is 0 Å². The van der Waals surface area contributed by atoms with E-state index in [2.05, 4.69) is 15.3 Å². The summed E-state index contributed by atoms with van der Waals surface area (Å²) in [6, 6.07) is 9.22. The molecule has 4 aromatic rings. The molecule has 114 valence electrons. The molecule has 4 rings (SSSR count). The van der Waals surface area contributed by atoms with Crippen LogP contribution in [0.3, 0.4) is 0 Å². The maximum Gasteiger partial charge on any atom is 0.257 e. The van der Waals surface area contributed by atoms with E-state index in [1.165, 1.54) is 34.0 Å². The van der Waals surface area contributed by atoms with Crippen molar-refractivity contribution in [3.05, 3.63) is 51.1 Å². The van der Waals surface area contributed by atoms with Gasteiger partial charge in [0, 0.05) is 10.9 Å². The first-order valence-corrected chi connectivity index (χ1v) is 9.50. The average Bonchev–Trinajstić information content (AvgIpc) is 3.26. The van der Waals surface area contributed by atoms with Gasteiger partial charge in [0.1, 0.15) is 0 Å². The lowest BCUT2D eigenvalue weighted by Crippen LogP contribution is -2.11. The van der Waals surface area contributed by atoms with E-state index < -0.39 is 0 Å². The number of rotatable bonds is 3. The molecule has 0 unspecified atom stereocenters. The Hall–Kier alpha value is -1.80. The normalized spacial score (nSPS) is 11.0. The number of aromatic nitrogens is 2. The van der Waals surface area contributed by atoms with E-state index in [4.69, 9.17) is 11.6 Å². The van der Waals surface area contributed by atoms with Gasteiger partial charge in [-0.25, -0.2) is 9.97 Å². The van der Waals surface area contributed by atoms with E-state index in [1.54, 1.807) is 11.6 Å². The molecule has 3 heterocycles. The summed E-state index contributed by atoms with van der Waals surface area (Å²) in [5, 5.41) is 5.31. The predicted octanol–water partition coefficient (Wildman–Crippen LogP) is 5.39. The number of fused-ring (bicyclic) bond motifs is 1. The van der Waals surface area contributed by atoms with Crippen LogP contribution in [0, 0.1) is 0 Å². The highest BCUT2D eigenvalue weighted by Gasteiger charge is 2.12. The fourth-order valence-corrected chi connectivity index (χ4v) is 4.56. The number of amides is 1. The summed E-state index contributed by atoms with van der Waals surface area (Å²) < 4.78 is 1.71. The van der Waals surface area contributed by atoms with Crippen molar-refractivity contribution in [2.75, 3.05) is 5.32 Å². The Balaban J connectivity index is 1.55. The number of thiophene rings is 1. The van der Waals surface area contributed by atoms with E-state index in [1.807, 2.05) is 29.6 Å². The molecule has 8 heteroatoms. The van der Waals surface area contributed by atoms with Crippen LogP contribution in [0.25, 0.3) is 20.8 Å². The van der Waals surface area contributed by atoms with E-state index >= 15 is 0 Å². The summed E-state index contributed by atoms with van der Waals surface area (Å²) in [6.45, 7) is 0. The number of hydrogen-bond acceptors (Lipinski definition) is 6. The van der Waals surface area contributed by atoms with Gasteiger partial charge in [0.25, 0.3) is 5.91 Å². The Morgan fingerprint density at radius 1 is 1.17 bits per heavy atom. The van der Waals surface area contributed by atoms with Crippen molar-refractivity contribution in [3.63, 3.8) is 0 Å². The molecule has 0 aliphatic rings. The molecule has 0 aliphatic carbocycles. The summed E-state index contributed by atoms with van der Waals surface area (Å²) >= 11 is 10.3. The van der Waals surface area contributed by atoms with E-state index in [0.717, 1.165) is 25.1 Å². The van der Waals surface area contributed by atoms with Gasteiger partial charge in [-0.1, -0.05) is 11.6 Å². The van der Waals surface area contributed by atoms with Crippen LogP contribution in [-0.4, -0.2) is 15.9 Å². The van der Waals surface area contributed by atoms with Gasteiger partial charge in [-0.05, 0) is 30.3 Å². The van der Waals surface area contributed by atoms with Crippen LogP contribution in [0.15, 0.2) is 41.2 Å². The number of thiazole rings is 2. The van der Waals surface area contributed by atoms with Crippen LogP contribution >= 0.6 is 45.6 Å². The summed E-state index contributed by atoms with van der Waals surface area (Å²) in [5.74, 6) is -0.176. The van der Waals surface area contributed by atoms with Gasteiger partial charge in [0.2, 0.25) is 0 Å². The molecule has 0 aliphatic heterocycles. The third kappa shape index (κ3) is 3.00. The average molecular weight is 378 g/mol. The second kappa shape index (κ2) is 6.01. The number of nitrogens with zero attached hydrogens (tertiary/aromatic N) is 2. The van der Waals surface area contributed by atoms with Crippen molar-refractivity contribution in [3.8, 4) is 10.6 Å². The Morgan fingerprint density at radius 3 is 2.91 bits per heavy atom. The summed E-state index contributed by atoms with van der Waals surface area (Å²) in [4.78, 5) is 22.0. The highest BCUT2D eigenvalue weighted by molar-refractivity contribution is 7.20. The van der Waals surface area contributed by atoms with Gasteiger partial charge in [-0.3, -0.25) is 10.1 Å². The van der Waals surface area contributed by atoms with Crippen molar-refractivity contribution in [1.82, 2.24) is 9.97 Å². The maximum atomic E-state index is 12.4. The van der Waals surface area contributed by atoms with Crippen molar-refractivity contribution in [2.45, 2.75) is 0 Å². The lowest BCUT2D eigenvalue weighted by atomic mass is 10.2. The molecule has 3 aromatic heterocycles. The fraction of sp³-hybridized carbons (Fsp3) is 0. The molecule has 0 fully saturated rings. The molecule has 0 spiro atoms. The van der Waals surface area contributed by atoms with Gasteiger partial charge in [0.05, 0.1) is 30.6 Å². The van der Waals surface area contributed by atoms with Crippen LogP contribution in [0.4, 0.5) is 5.13 Å². The first-order chi connectivity index (χ1) is 11.2. The number of carbonyl (C=O) groups excluding carboxylic acids is 1. The Kier molecular flexibility index (Phi) is 3.86. The van der Waals surface area contributed by atoms with Gasteiger partial charge in [-0.15, -0.1) is 34.0 Å². The Morgan fingerprint density at radius 2 is 2.09 bits per heavy atom. The topological polar surface area (TPSA) is 54.9 Å². The van der Waals surface area contributed by atoms with Gasteiger partial charge in [0.15, 0.2) is 5.13 Å². The van der Waals surface area contributed by atoms with Crippen LogP contribution < -0.4 is 5.32 Å². The molecule has 23 heavy (non-hydrogen) atoms. The summed E-state index contributed by atoms with van der Waals surface area (Å²) in [7, 11) is 0. The van der Waals surface area contributed by atoms with Crippen LogP contribution in [0.1, 0.15) is 10.4 Å². The maximum absolute atomic E-state index is 12.4. The zero-order valence-electron chi connectivity index (χ0n) is 11.4. The third-order valence-electron chi connectivity index (χ3n) is 3.14. The number of halogens is 1. The number of hydrogen-bond donors (Lipinski definition) is 1. The lowest BCUT2D eigenvalue weighted by Gasteiger charge is -2.01. The number of benzene rings is 1. The molecule has 1 amide bonds. The van der Waals surface area contributed by atoms with E-state index in [0.29, 0.717) is 10.7 Å².